The number of sulfonamides is 1. The predicted octanol–water partition coefficient (Wildman–Crippen LogP) is 4.99. The number of fused-ring (bicyclic) bond motifs is 1. The molecule has 33 heavy (non-hydrogen) atoms. The predicted molar refractivity (Wildman–Crippen MR) is 131 cm³/mol. The van der Waals surface area contributed by atoms with Crippen molar-refractivity contribution in [1.82, 2.24) is 0 Å². The minimum absolute atomic E-state index is 0.0184. The van der Waals surface area contributed by atoms with E-state index in [1.165, 1.54) is 12.1 Å². The normalized spacial score (nSPS) is 15.9. The molecule has 4 rings (SSSR count). The van der Waals surface area contributed by atoms with Crippen molar-refractivity contribution in [1.29, 1.82) is 0 Å². The molecule has 0 radical (unpaired) electrons. The summed E-state index contributed by atoms with van der Waals surface area (Å²) in [6.07, 6.45) is 1.60. The summed E-state index contributed by atoms with van der Waals surface area (Å²) in [5, 5.41) is 0. The lowest BCUT2D eigenvalue weighted by Gasteiger charge is -2.24. The Morgan fingerprint density at radius 1 is 1.00 bits per heavy atom. The molecule has 0 spiro atoms. The van der Waals surface area contributed by atoms with Crippen LogP contribution in [0.25, 0.3) is 0 Å². The fourth-order valence-corrected chi connectivity index (χ4v) is 5.26. The van der Waals surface area contributed by atoms with Crippen LogP contribution in [0.3, 0.4) is 0 Å². The first kappa shape index (κ1) is 22.6. The molecular weight excluding hydrogens is 436 g/mol. The molecule has 0 atom stereocenters. The van der Waals surface area contributed by atoms with Gasteiger partial charge in [-0.3, -0.25) is 9.52 Å². The second-order valence-corrected chi connectivity index (χ2v) is 10.1. The molecule has 0 amide bonds. The van der Waals surface area contributed by atoms with Gasteiger partial charge in [-0.05, 0) is 48.0 Å². The molecule has 0 unspecified atom stereocenters. The van der Waals surface area contributed by atoms with Gasteiger partial charge < -0.3 is 9.64 Å². The van der Waals surface area contributed by atoms with Gasteiger partial charge in [0.15, 0.2) is 5.78 Å². The molecular formula is C26H26N2O4S. The van der Waals surface area contributed by atoms with Gasteiger partial charge in [-0.15, -0.1) is 0 Å². The van der Waals surface area contributed by atoms with E-state index in [9.17, 15) is 13.2 Å². The van der Waals surface area contributed by atoms with E-state index in [2.05, 4.69) is 24.6 Å². The highest BCUT2D eigenvalue weighted by molar-refractivity contribution is 7.92. The number of rotatable bonds is 6. The molecule has 1 heterocycles. The Balaban J connectivity index is 1.62. The molecule has 0 aliphatic carbocycles. The lowest BCUT2D eigenvalue weighted by atomic mass is 9.83. The number of nitrogens with one attached hydrogen (secondary N) is 1. The third-order valence-electron chi connectivity index (χ3n) is 5.98. The molecule has 3 aromatic rings. The standard InChI is InChI=1S/C26H26N2O4S/c1-26(2)22-10-5-6-11-23(22)28(3)25(26)17-24(29)18-8-7-9-21(16-18)33(30,31)27-19-12-14-20(32-4)15-13-19/h5-17,27H,1-4H3/b25-17+. The van der Waals surface area contributed by atoms with Crippen LogP contribution in [0.2, 0.25) is 0 Å². The Morgan fingerprint density at radius 3 is 2.36 bits per heavy atom. The van der Waals surface area contributed by atoms with E-state index in [1.807, 2.05) is 30.1 Å². The second kappa shape index (κ2) is 8.41. The Bertz CT molecular complexity index is 1340. The lowest BCUT2D eigenvalue weighted by Crippen LogP contribution is -2.24. The molecule has 1 N–H and O–H groups in total. The monoisotopic (exact) mass is 462 g/mol. The number of anilines is 2. The van der Waals surface area contributed by atoms with Crippen LogP contribution in [0, 0.1) is 0 Å². The summed E-state index contributed by atoms with van der Waals surface area (Å²) >= 11 is 0. The number of ketones is 1. The number of para-hydroxylation sites is 1. The summed E-state index contributed by atoms with van der Waals surface area (Å²) in [6.45, 7) is 4.15. The number of likely N-dealkylation sites (N-methyl/N-ethyl adjacent to an activating group) is 1. The van der Waals surface area contributed by atoms with Crippen molar-refractivity contribution in [2.75, 3.05) is 23.8 Å². The topological polar surface area (TPSA) is 75.7 Å². The molecule has 1 aliphatic heterocycles. The highest BCUT2D eigenvalue weighted by Crippen LogP contribution is 2.46. The van der Waals surface area contributed by atoms with Crippen molar-refractivity contribution < 1.29 is 17.9 Å². The highest BCUT2D eigenvalue weighted by Gasteiger charge is 2.38. The van der Waals surface area contributed by atoms with Crippen molar-refractivity contribution >= 4 is 27.2 Å². The maximum Gasteiger partial charge on any atom is 0.261 e. The molecule has 1 aliphatic rings. The van der Waals surface area contributed by atoms with Gasteiger partial charge in [0, 0.05) is 41.2 Å². The first-order chi connectivity index (χ1) is 15.6. The number of allylic oxidation sites excluding steroid dienone is 2. The molecule has 0 bridgehead atoms. The first-order valence-corrected chi connectivity index (χ1v) is 12.0. The van der Waals surface area contributed by atoms with Crippen molar-refractivity contribution in [2.24, 2.45) is 0 Å². The second-order valence-electron chi connectivity index (χ2n) is 8.46. The van der Waals surface area contributed by atoms with Gasteiger partial charge in [0.25, 0.3) is 10.0 Å². The molecule has 170 valence electrons. The summed E-state index contributed by atoms with van der Waals surface area (Å²) in [7, 11) is -0.389. The van der Waals surface area contributed by atoms with Crippen LogP contribution in [0.1, 0.15) is 29.8 Å². The van der Waals surface area contributed by atoms with Crippen LogP contribution in [0.4, 0.5) is 11.4 Å². The minimum atomic E-state index is -3.87. The number of methoxy groups -OCH3 is 1. The third-order valence-corrected chi connectivity index (χ3v) is 7.36. The third kappa shape index (κ3) is 4.24. The summed E-state index contributed by atoms with van der Waals surface area (Å²) in [5.74, 6) is 0.375. The van der Waals surface area contributed by atoms with Crippen LogP contribution >= 0.6 is 0 Å². The van der Waals surface area contributed by atoms with E-state index < -0.39 is 10.0 Å². The van der Waals surface area contributed by atoms with E-state index in [-0.39, 0.29) is 16.1 Å². The van der Waals surface area contributed by atoms with Gasteiger partial charge in [-0.25, -0.2) is 8.42 Å². The van der Waals surface area contributed by atoms with Gasteiger partial charge in [0.1, 0.15) is 5.75 Å². The average molecular weight is 463 g/mol. The van der Waals surface area contributed by atoms with E-state index >= 15 is 0 Å². The quantitative estimate of drug-likeness (QED) is 0.413. The number of nitrogens with zero attached hydrogens (tertiary/aromatic N) is 1. The number of carbonyl (C=O) groups excluding carboxylic acids is 1. The summed E-state index contributed by atoms with van der Waals surface area (Å²) in [5.41, 5.74) is 3.43. The Hall–Kier alpha value is -3.58. The molecule has 6 nitrogen and oxygen atoms in total. The zero-order chi connectivity index (χ0) is 23.8. The van der Waals surface area contributed by atoms with Gasteiger partial charge in [-0.1, -0.05) is 44.2 Å². The zero-order valence-electron chi connectivity index (χ0n) is 19.0. The number of hydrogen-bond donors (Lipinski definition) is 1. The van der Waals surface area contributed by atoms with E-state index in [4.69, 9.17) is 4.74 Å². The SMILES string of the molecule is COc1ccc(NS(=O)(=O)c2cccc(C(=O)/C=C3/N(C)c4ccccc4C3(C)C)c2)cc1. The molecule has 0 aromatic heterocycles. The molecule has 0 fully saturated rings. The Labute approximate surface area is 194 Å². The summed E-state index contributed by atoms with van der Waals surface area (Å²) < 4.78 is 33.4. The number of hydrogen-bond acceptors (Lipinski definition) is 5. The van der Waals surface area contributed by atoms with E-state index in [1.54, 1.807) is 49.6 Å². The zero-order valence-corrected chi connectivity index (χ0v) is 19.8. The maximum absolute atomic E-state index is 13.2. The number of ether oxygens (including phenoxy) is 1. The van der Waals surface area contributed by atoms with Gasteiger partial charge in [0.2, 0.25) is 0 Å². The molecule has 0 saturated heterocycles. The van der Waals surface area contributed by atoms with Crippen molar-refractivity contribution in [3.05, 3.63) is 95.7 Å². The molecule has 0 saturated carbocycles. The van der Waals surface area contributed by atoms with Gasteiger partial charge in [-0.2, -0.15) is 0 Å². The fourth-order valence-electron chi connectivity index (χ4n) is 4.16. The highest BCUT2D eigenvalue weighted by atomic mass is 32.2. The Kier molecular flexibility index (Phi) is 5.76. The molecule has 3 aromatic carbocycles. The summed E-state index contributed by atoms with van der Waals surface area (Å²) in [6, 6.07) is 20.7. The Morgan fingerprint density at radius 2 is 1.70 bits per heavy atom. The van der Waals surface area contributed by atoms with Gasteiger partial charge in [0.05, 0.1) is 12.0 Å². The smallest absolute Gasteiger partial charge is 0.261 e. The van der Waals surface area contributed by atoms with Crippen LogP contribution in [-0.4, -0.2) is 28.4 Å². The van der Waals surface area contributed by atoms with E-state index in [0.717, 1.165) is 16.9 Å². The van der Waals surface area contributed by atoms with Crippen molar-refractivity contribution in [3.8, 4) is 5.75 Å². The lowest BCUT2D eigenvalue weighted by molar-refractivity contribution is 0.104. The minimum Gasteiger partial charge on any atom is -0.497 e. The van der Waals surface area contributed by atoms with Crippen molar-refractivity contribution in [2.45, 2.75) is 24.2 Å². The van der Waals surface area contributed by atoms with Crippen LogP contribution in [0.5, 0.6) is 5.75 Å². The van der Waals surface area contributed by atoms with Crippen molar-refractivity contribution in [3.63, 3.8) is 0 Å². The van der Waals surface area contributed by atoms with Crippen LogP contribution < -0.4 is 14.4 Å². The van der Waals surface area contributed by atoms with Crippen LogP contribution in [-0.2, 0) is 15.4 Å². The number of carbonyl (C=O) groups is 1. The van der Waals surface area contributed by atoms with Gasteiger partial charge >= 0.3 is 0 Å². The fraction of sp³-hybridized carbons (Fsp3) is 0.192. The van der Waals surface area contributed by atoms with E-state index in [0.29, 0.717) is 17.0 Å². The molecule has 7 heteroatoms. The number of benzene rings is 3. The average Bonchev–Trinajstić information content (AvgIpc) is 3.00. The first-order valence-electron chi connectivity index (χ1n) is 10.5. The largest absolute Gasteiger partial charge is 0.497 e. The summed E-state index contributed by atoms with van der Waals surface area (Å²) in [4.78, 5) is 15.2. The maximum atomic E-state index is 13.2. The van der Waals surface area contributed by atoms with Crippen LogP contribution in [0.15, 0.2) is 89.5 Å².